The number of carbonyl (C=O) groups is 2. The average Bonchev–Trinajstić information content (AvgIpc) is 3.50. The van der Waals surface area contributed by atoms with Gasteiger partial charge in [0.1, 0.15) is 18.5 Å². The topological polar surface area (TPSA) is 138 Å². The van der Waals surface area contributed by atoms with E-state index < -0.39 is 22.9 Å². The van der Waals surface area contributed by atoms with Crippen LogP contribution in [0, 0.1) is 16.0 Å². The molecule has 2 aliphatic rings. The lowest BCUT2D eigenvalue weighted by Crippen LogP contribution is -2.61. The van der Waals surface area contributed by atoms with Crippen molar-refractivity contribution in [3.63, 3.8) is 0 Å². The Morgan fingerprint density at radius 1 is 1.38 bits per heavy atom. The second-order valence-electron chi connectivity index (χ2n) is 8.98. The number of benzene rings is 1. The minimum absolute atomic E-state index is 0.0512. The molecule has 3 atom stereocenters. The number of esters is 1. The molecule has 5 rings (SSSR count). The molecule has 3 aromatic rings. The van der Waals surface area contributed by atoms with Gasteiger partial charge >= 0.3 is 5.97 Å². The average molecular weight is 546 g/mol. The number of aliphatic hydroxyl groups excluding tert-OH is 2. The second kappa shape index (κ2) is 9.89. The normalized spacial score (nSPS) is 19.8. The van der Waals surface area contributed by atoms with Crippen LogP contribution in [-0.4, -0.2) is 60.8 Å². The molecule has 1 aromatic carbocycles. The third-order valence-electron chi connectivity index (χ3n) is 6.56. The molecular weight excluding hydrogens is 520 g/mol. The number of nitro benzene ring substituents is 1. The van der Waals surface area contributed by atoms with Crippen LogP contribution in [0.1, 0.15) is 23.8 Å². The number of hydrogen-bond acceptors (Lipinski definition) is 9. The molecule has 1 saturated heterocycles. The highest BCUT2D eigenvalue weighted by Gasteiger charge is 2.57. The summed E-state index contributed by atoms with van der Waals surface area (Å²) < 4.78 is 9.48. The van der Waals surface area contributed by atoms with Gasteiger partial charge in [-0.05, 0) is 31.0 Å². The maximum Gasteiger partial charge on any atom is 0.355 e. The van der Waals surface area contributed by atoms with Gasteiger partial charge in [0, 0.05) is 23.5 Å². The number of fused-ring (bicyclic) bond motifs is 2. The quantitative estimate of drug-likeness (QED) is 0.104. The first-order chi connectivity index (χ1) is 17.7. The maximum atomic E-state index is 13.3. The zero-order valence-corrected chi connectivity index (χ0v) is 21.7. The second-order valence-corrected chi connectivity index (χ2v) is 11.1. The number of carbonyl (C=O) groups excluding carboxylic acids is 2. The lowest BCUT2D eigenvalue weighted by atomic mass is 9.83. The summed E-state index contributed by atoms with van der Waals surface area (Å²) >= 11 is 3.01. The van der Waals surface area contributed by atoms with Gasteiger partial charge in [0.05, 0.1) is 41.5 Å². The molecule has 0 unspecified atom stereocenters. The van der Waals surface area contributed by atoms with Gasteiger partial charge in [0.15, 0.2) is 0 Å². The van der Waals surface area contributed by atoms with Crippen molar-refractivity contribution in [1.29, 1.82) is 0 Å². The number of aryl methyl sites for hydroxylation is 1. The Morgan fingerprint density at radius 3 is 2.76 bits per heavy atom. The zero-order valence-electron chi connectivity index (χ0n) is 20.1. The van der Waals surface area contributed by atoms with E-state index in [2.05, 4.69) is 0 Å². The van der Waals surface area contributed by atoms with E-state index in [1.807, 2.05) is 28.5 Å². The molecular formula is C24H25N4O7S2+. The Morgan fingerprint density at radius 2 is 2.11 bits per heavy atom. The van der Waals surface area contributed by atoms with Crippen LogP contribution in [0.15, 0.2) is 47.5 Å². The molecule has 194 valence electrons. The number of β-lactam (4-membered cyclic amide) rings is 1. The molecule has 2 aliphatic heterocycles. The first kappa shape index (κ1) is 25.4. The number of aliphatic hydroxyl groups is 2. The van der Waals surface area contributed by atoms with E-state index in [0.29, 0.717) is 23.3 Å². The Labute approximate surface area is 219 Å². The van der Waals surface area contributed by atoms with Crippen molar-refractivity contribution in [2.24, 2.45) is 13.0 Å². The van der Waals surface area contributed by atoms with E-state index in [-0.39, 0.29) is 36.5 Å². The summed E-state index contributed by atoms with van der Waals surface area (Å²) in [5, 5.41) is 31.3. The summed E-state index contributed by atoms with van der Waals surface area (Å²) in [5.41, 5.74) is 1.38. The molecule has 0 aliphatic carbocycles. The summed E-state index contributed by atoms with van der Waals surface area (Å²) in [6, 6.07) is 5.39. The van der Waals surface area contributed by atoms with Gasteiger partial charge < -0.3 is 19.8 Å². The van der Waals surface area contributed by atoms with Crippen LogP contribution in [0.5, 0.6) is 0 Å². The molecule has 0 spiro atoms. The van der Waals surface area contributed by atoms with Crippen molar-refractivity contribution in [3.05, 3.63) is 63.0 Å². The number of ether oxygens (including phenoxy) is 1. The standard InChI is InChI=1S/C24H25N4O7S2/c1-13(30)19-17-9-16(18-10-26-12-25(2)22(23(26)37-18)36-8-7-29)20(27(17)21(19)31)24(32)35-11-14-3-5-15(6-4-14)28(33)34/h3-6,10,12-13,17,19,29-30H,7-9,11H2,1-2H3/q+1/t13-,17-,19-/m1/s1. The molecule has 0 bridgehead atoms. The fourth-order valence-electron chi connectivity index (χ4n) is 4.85. The summed E-state index contributed by atoms with van der Waals surface area (Å²) in [6.45, 7) is 1.52. The van der Waals surface area contributed by atoms with E-state index in [4.69, 9.17) is 4.74 Å². The van der Waals surface area contributed by atoms with Gasteiger partial charge in [-0.15, -0.1) is 0 Å². The van der Waals surface area contributed by atoms with Gasteiger partial charge in [-0.3, -0.25) is 14.9 Å². The van der Waals surface area contributed by atoms with E-state index in [0.717, 1.165) is 14.7 Å². The first-order valence-corrected chi connectivity index (χ1v) is 13.4. The largest absolute Gasteiger partial charge is 0.456 e. The van der Waals surface area contributed by atoms with Crippen LogP contribution in [0.4, 0.5) is 5.69 Å². The number of imidazole rings is 1. The van der Waals surface area contributed by atoms with Gasteiger partial charge in [0.25, 0.3) is 5.69 Å². The van der Waals surface area contributed by atoms with E-state index in [9.17, 15) is 29.9 Å². The van der Waals surface area contributed by atoms with E-state index in [1.54, 1.807) is 6.92 Å². The molecule has 11 nitrogen and oxygen atoms in total. The van der Waals surface area contributed by atoms with E-state index in [1.165, 1.54) is 52.3 Å². The SMILES string of the molecule is C[C@@H](O)[C@H]1C(=O)N2C(C(=O)OCc3ccc([N+](=O)[O-])cc3)=C(c3cn4c[n+](C)c(SCCO)c4s3)C[C@H]12. The van der Waals surface area contributed by atoms with Gasteiger partial charge in [-0.25, -0.2) is 9.36 Å². The van der Waals surface area contributed by atoms with Crippen LogP contribution in [0.25, 0.3) is 10.4 Å². The van der Waals surface area contributed by atoms with Crippen molar-refractivity contribution in [3.8, 4) is 0 Å². The number of hydrogen-bond donors (Lipinski definition) is 2. The number of thioether (sulfide) groups is 1. The maximum absolute atomic E-state index is 13.3. The molecule has 0 saturated carbocycles. The third-order valence-corrected chi connectivity index (χ3v) is 9.00. The van der Waals surface area contributed by atoms with Crippen LogP contribution >= 0.6 is 23.1 Å². The molecule has 2 N–H and O–H groups in total. The molecule has 4 heterocycles. The fourth-order valence-corrected chi connectivity index (χ4v) is 7.03. The van der Waals surface area contributed by atoms with Crippen LogP contribution < -0.4 is 4.57 Å². The zero-order chi connectivity index (χ0) is 26.4. The van der Waals surface area contributed by atoms with Crippen molar-refractivity contribution in [1.82, 2.24) is 9.30 Å². The Bertz CT molecular complexity index is 1430. The van der Waals surface area contributed by atoms with Gasteiger partial charge in [0.2, 0.25) is 22.1 Å². The molecule has 2 aromatic heterocycles. The summed E-state index contributed by atoms with van der Waals surface area (Å²) in [5.74, 6) is -1.02. The smallest absolute Gasteiger partial charge is 0.355 e. The number of nitrogens with zero attached hydrogens (tertiary/aromatic N) is 4. The number of amides is 1. The number of rotatable bonds is 9. The number of non-ortho nitro benzene ring substituents is 1. The minimum Gasteiger partial charge on any atom is -0.456 e. The van der Waals surface area contributed by atoms with Crippen LogP contribution in [-0.2, 0) is 28.0 Å². The van der Waals surface area contributed by atoms with Crippen molar-refractivity contribution in [2.75, 3.05) is 12.4 Å². The van der Waals surface area contributed by atoms with E-state index >= 15 is 0 Å². The van der Waals surface area contributed by atoms with Gasteiger partial charge in [-0.2, -0.15) is 4.40 Å². The summed E-state index contributed by atoms with van der Waals surface area (Å²) in [7, 11) is 1.92. The Hall–Kier alpha value is -3.26. The lowest BCUT2D eigenvalue weighted by molar-refractivity contribution is -0.705. The summed E-state index contributed by atoms with van der Waals surface area (Å²) in [6.07, 6.45) is 3.40. The highest BCUT2D eigenvalue weighted by molar-refractivity contribution is 7.99. The highest BCUT2D eigenvalue weighted by atomic mass is 32.2. The molecule has 1 fully saturated rings. The highest BCUT2D eigenvalue weighted by Crippen LogP contribution is 2.48. The van der Waals surface area contributed by atoms with Crippen molar-refractivity contribution >= 4 is 51.1 Å². The monoisotopic (exact) mass is 545 g/mol. The Balaban J connectivity index is 1.46. The van der Waals surface area contributed by atoms with Crippen molar-refractivity contribution < 1.29 is 34.0 Å². The van der Waals surface area contributed by atoms with Crippen LogP contribution in [0.3, 0.4) is 0 Å². The fraction of sp³-hybridized carbons (Fsp3) is 0.375. The summed E-state index contributed by atoms with van der Waals surface area (Å²) in [4.78, 5) is 39.8. The number of nitro groups is 1. The molecule has 13 heteroatoms. The number of aromatic nitrogens is 2. The lowest BCUT2D eigenvalue weighted by Gasteiger charge is -2.44. The molecule has 0 radical (unpaired) electrons. The molecule has 37 heavy (non-hydrogen) atoms. The minimum atomic E-state index is -0.843. The van der Waals surface area contributed by atoms with Crippen molar-refractivity contribution in [2.45, 2.75) is 37.1 Å². The van der Waals surface area contributed by atoms with Crippen LogP contribution in [0.2, 0.25) is 0 Å². The van der Waals surface area contributed by atoms with Gasteiger partial charge in [-0.1, -0.05) is 23.1 Å². The predicted octanol–water partition coefficient (Wildman–Crippen LogP) is 1.88. The first-order valence-electron chi connectivity index (χ1n) is 11.6. The Kier molecular flexibility index (Phi) is 6.79. The molecule has 1 amide bonds. The number of thiazole rings is 1. The third kappa shape index (κ3) is 4.41. The predicted molar refractivity (Wildman–Crippen MR) is 134 cm³/mol.